The van der Waals surface area contributed by atoms with E-state index in [1.165, 1.54) is 16.4 Å². The van der Waals surface area contributed by atoms with Gasteiger partial charge in [0.1, 0.15) is 18.1 Å². The molecule has 0 fully saturated rings. The minimum absolute atomic E-state index is 0.0489. The molecule has 0 aliphatic heterocycles. The van der Waals surface area contributed by atoms with Crippen molar-refractivity contribution in [3.8, 4) is 17.2 Å². The second-order valence-corrected chi connectivity index (χ2v) is 8.59. The van der Waals surface area contributed by atoms with Gasteiger partial charge in [-0.1, -0.05) is 32.0 Å². The second kappa shape index (κ2) is 9.27. The van der Waals surface area contributed by atoms with Gasteiger partial charge in [0.15, 0.2) is 5.75 Å². The fourth-order valence-electron chi connectivity index (χ4n) is 3.05. The van der Waals surface area contributed by atoms with E-state index in [1.807, 2.05) is 30.3 Å². The number of ether oxygens (including phenoxy) is 1. The lowest BCUT2D eigenvalue weighted by Gasteiger charge is -2.18. The van der Waals surface area contributed by atoms with Crippen LogP contribution in [0.2, 0.25) is 0 Å². The molecule has 31 heavy (non-hydrogen) atoms. The second-order valence-electron chi connectivity index (χ2n) is 6.65. The number of nitro groups is 1. The number of rotatable bonds is 9. The van der Waals surface area contributed by atoms with Gasteiger partial charge in [-0.3, -0.25) is 10.1 Å². The van der Waals surface area contributed by atoms with Crippen molar-refractivity contribution < 1.29 is 22.5 Å². The van der Waals surface area contributed by atoms with Crippen molar-refractivity contribution in [3.05, 3.63) is 70.1 Å². The molecule has 10 heteroatoms. The summed E-state index contributed by atoms with van der Waals surface area (Å²) < 4.78 is 37.9. The van der Waals surface area contributed by atoms with E-state index in [2.05, 4.69) is 4.98 Å². The number of hydrogen-bond donors (Lipinski definition) is 0. The van der Waals surface area contributed by atoms with Gasteiger partial charge in [-0.05, 0) is 31.2 Å². The zero-order chi connectivity index (χ0) is 22.6. The molecular formula is C21H23N3O6S. The Morgan fingerprint density at radius 3 is 2.42 bits per heavy atom. The van der Waals surface area contributed by atoms with Gasteiger partial charge in [-0.15, -0.1) is 0 Å². The minimum atomic E-state index is -3.83. The van der Waals surface area contributed by atoms with Gasteiger partial charge in [0, 0.05) is 24.7 Å². The highest BCUT2D eigenvalue weighted by molar-refractivity contribution is 7.89. The van der Waals surface area contributed by atoms with E-state index < -0.39 is 20.6 Å². The maximum atomic E-state index is 12.7. The smallest absolute Gasteiger partial charge is 0.312 e. The van der Waals surface area contributed by atoms with Crippen molar-refractivity contribution in [2.24, 2.45) is 0 Å². The summed E-state index contributed by atoms with van der Waals surface area (Å²) in [6, 6.07) is 12.9. The fraction of sp³-hybridized carbons (Fsp3) is 0.286. The van der Waals surface area contributed by atoms with Crippen LogP contribution in [0.25, 0.3) is 11.5 Å². The van der Waals surface area contributed by atoms with Crippen LogP contribution in [-0.4, -0.2) is 35.7 Å². The Bertz CT molecular complexity index is 1170. The normalized spacial score (nSPS) is 11.6. The van der Waals surface area contributed by atoms with Crippen LogP contribution in [0, 0.1) is 17.0 Å². The molecule has 0 amide bonds. The fourth-order valence-corrected chi connectivity index (χ4v) is 4.53. The first-order valence-electron chi connectivity index (χ1n) is 9.71. The third-order valence-electron chi connectivity index (χ3n) is 4.75. The molecule has 3 aromatic rings. The predicted octanol–water partition coefficient (Wildman–Crippen LogP) is 4.17. The van der Waals surface area contributed by atoms with Crippen molar-refractivity contribution in [3.63, 3.8) is 0 Å². The highest BCUT2D eigenvalue weighted by Crippen LogP contribution is 2.32. The van der Waals surface area contributed by atoms with E-state index in [9.17, 15) is 18.5 Å². The number of aryl methyl sites for hydroxylation is 1. The summed E-state index contributed by atoms with van der Waals surface area (Å²) in [5.41, 5.74) is 0.861. The van der Waals surface area contributed by atoms with Crippen LogP contribution >= 0.6 is 0 Å². The molecule has 0 atom stereocenters. The molecule has 2 aromatic carbocycles. The largest absolute Gasteiger partial charge is 0.480 e. The van der Waals surface area contributed by atoms with Gasteiger partial charge in [0.05, 0.1) is 9.82 Å². The lowest BCUT2D eigenvalue weighted by molar-refractivity contribution is -0.386. The number of nitrogens with zero attached hydrogens (tertiary/aromatic N) is 3. The Morgan fingerprint density at radius 1 is 1.13 bits per heavy atom. The third-order valence-corrected chi connectivity index (χ3v) is 6.79. The Labute approximate surface area is 180 Å². The first-order chi connectivity index (χ1) is 14.8. The Hall–Kier alpha value is -3.24. The van der Waals surface area contributed by atoms with Gasteiger partial charge in [0.25, 0.3) is 0 Å². The molecule has 3 rings (SSSR count). The quantitative estimate of drug-likeness (QED) is 0.358. The molecule has 0 saturated carbocycles. The van der Waals surface area contributed by atoms with E-state index in [1.54, 1.807) is 20.8 Å². The van der Waals surface area contributed by atoms with Crippen molar-refractivity contribution in [2.45, 2.75) is 32.3 Å². The number of benzene rings is 2. The number of oxazole rings is 1. The van der Waals surface area contributed by atoms with Crippen molar-refractivity contribution >= 4 is 15.7 Å². The van der Waals surface area contributed by atoms with Gasteiger partial charge < -0.3 is 9.15 Å². The molecule has 0 spiro atoms. The lowest BCUT2D eigenvalue weighted by Crippen LogP contribution is -2.30. The summed E-state index contributed by atoms with van der Waals surface area (Å²) in [6.07, 6.45) is 0. The predicted molar refractivity (Wildman–Crippen MR) is 114 cm³/mol. The summed E-state index contributed by atoms with van der Waals surface area (Å²) in [6.45, 7) is 5.60. The van der Waals surface area contributed by atoms with E-state index in [-0.39, 0.29) is 30.3 Å². The van der Waals surface area contributed by atoms with Crippen molar-refractivity contribution in [1.29, 1.82) is 0 Å². The zero-order valence-corrected chi connectivity index (χ0v) is 18.3. The number of hydrogen-bond acceptors (Lipinski definition) is 7. The monoisotopic (exact) mass is 445 g/mol. The molecule has 0 aliphatic carbocycles. The Kier molecular flexibility index (Phi) is 6.71. The molecule has 9 nitrogen and oxygen atoms in total. The lowest BCUT2D eigenvalue weighted by atomic mass is 10.2. The van der Waals surface area contributed by atoms with Crippen molar-refractivity contribution in [1.82, 2.24) is 9.29 Å². The van der Waals surface area contributed by atoms with Crippen LogP contribution in [0.5, 0.6) is 5.75 Å². The summed E-state index contributed by atoms with van der Waals surface area (Å²) >= 11 is 0. The Morgan fingerprint density at radius 2 is 1.81 bits per heavy atom. The van der Waals surface area contributed by atoms with Crippen LogP contribution in [0.4, 0.5) is 5.69 Å². The number of sulfonamides is 1. The topological polar surface area (TPSA) is 116 Å². The highest BCUT2D eigenvalue weighted by Gasteiger charge is 2.26. The summed E-state index contributed by atoms with van der Waals surface area (Å²) in [5, 5.41) is 11.6. The zero-order valence-electron chi connectivity index (χ0n) is 17.4. The van der Waals surface area contributed by atoms with E-state index in [4.69, 9.17) is 9.15 Å². The van der Waals surface area contributed by atoms with Crippen LogP contribution in [0.15, 0.2) is 57.8 Å². The first kappa shape index (κ1) is 22.4. The minimum Gasteiger partial charge on any atom is -0.480 e. The molecular weight excluding hydrogens is 422 g/mol. The summed E-state index contributed by atoms with van der Waals surface area (Å²) in [5.74, 6) is 0.904. The average molecular weight is 445 g/mol. The molecule has 1 aromatic heterocycles. The maximum Gasteiger partial charge on any atom is 0.312 e. The van der Waals surface area contributed by atoms with Gasteiger partial charge in [-0.2, -0.15) is 4.31 Å². The molecule has 0 radical (unpaired) electrons. The summed E-state index contributed by atoms with van der Waals surface area (Å²) in [4.78, 5) is 15.1. The maximum absolute atomic E-state index is 12.7. The van der Waals surface area contributed by atoms with Crippen LogP contribution in [-0.2, 0) is 16.6 Å². The molecule has 0 saturated heterocycles. The van der Waals surface area contributed by atoms with Crippen LogP contribution in [0.1, 0.15) is 25.3 Å². The van der Waals surface area contributed by atoms with E-state index in [0.29, 0.717) is 17.3 Å². The van der Waals surface area contributed by atoms with Crippen molar-refractivity contribution in [2.75, 3.05) is 13.1 Å². The highest BCUT2D eigenvalue weighted by atomic mass is 32.2. The average Bonchev–Trinajstić information content (AvgIpc) is 3.14. The molecule has 0 unspecified atom stereocenters. The molecule has 164 valence electrons. The number of nitro benzene ring substituents is 1. The van der Waals surface area contributed by atoms with Gasteiger partial charge >= 0.3 is 5.69 Å². The number of aromatic nitrogens is 1. The van der Waals surface area contributed by atoms with Crippen LogP contribution in [0.3, 0.4) is 0 Å². The molecule has 0 N–H and O–H groups in total. The van der Waals surface area contributed by atoms with Gasteiger partial charge in [-0.25, -0.2) is 13.4 Å². The van der Waals surface area contributed by atoms with Crippen LogP contribution < -0.4 is 4.74 Å². The molecule has 1 heterocycles. The van der Waals surface area contributed by atoms with E-state index >= 15 is 0 Å². The van der Waals surface area contributed by atoms with Gasteiger partial charge in [0.2, 0.25) is 15.9 Å². The standard InChI is InChI=1S/C21H23N3O6S/c1-4-23(5-2)31(27,28)17-11-12-20(19(13-17)24(25)26)29-14-18-15(3)30-21(22-18)16-9-7-6-8-10-16/h6-13H,4-5,14H2,1-3H3. The first-order valence-corrected chi connectivity index (χ1v) is 11.1. The molecule has 0 aliphatic rings. The Balaban J connectivity index is 1.86. The SMILES string of the molecule is CCN(CC)S(=O)(=O)c1ccc(OCc2nc(-c3ccccc3)oc2C)c([N+](=O)[O-])c1. The molecule has 0 bridgehead atoms. The van der Waals surface area contributed by atoms with E-state index in [0.717, 1.165) is 11.6 Å². The summed E-state index contributed by atoms with van der Waals surface area (Å²) in [7, 11) is -3.83. The third kappa shape index (κ3) is 4.75.